The number of methoxy groups -OCH3 is 1. The number of ether oxygens (including phenoxy) is 1. The van der Waals surface area contributed by atoms with Crippen LogP contribution in [0.25, 0.3) is 6.08 Å². The highest BCUT2D eigenvalue weighted by atomic mass is 16.5. The van der Waals surface area contributed by atoms with Crippen LogP contribution >= 0.6 is 0 Å². The molecule has 4 heteroatoms. The van der Waals surface area contributed by atoms with Gasteiger partial charge in [-0.1, -0.05) is 12.1 Å². The van der Waals surface area contributed by atoms with Gasteiger partial charge in [0.25, 0.3) is 0 Å². The van der Waals surface area contributed by atoms with Gasteiger partial charge in [-0.05, 0) is 30.7 Å². The van der Waals surface area contributed by atoms with E-state index in [-0.39, 0.29) is 11.9 Å². The van der Waals surface area contributed by atoms with Crippen molar-refractivity contribution in [1.82, 2.24) is 5.32 Å². The highest BCUT2D eigenvalue weighted by Gasteiger charge is 2.00. The molecule has 0 fully saturated rings. The second kappa shape index (κ2) is 6.70. The van der Waals surface area contributed by atoms with Gasteiger partial charge in [0, 0.05) is 18.7 Å². The lowest BCUT2D eigenvalue weighted by atomic mass is 10.2. The van der Waals surface area contributed by atoms with E-state index in [0.717, 1.165) is 11.3 Å². The Balaban J connectivity index is 2.54. The topological polar surface area (TPSA) is 64.3 Å². The van der Waals surface area contributed by atoms with Gasteiger partial charge >= 0.3 is 0 Å². The lowest BCUT2D eigenvalue weighted by molar-refractivity contribution is -0.116. The van der Waals surface area contributed by atoms with Crippen molar-refractivity contribution in [2.24, 2.45) is 5.73 Å². The van der Waals surface area contributed by atoms with E-state index in [9.17, 15) is 4.79 Å². The minimum absolute atomic E-state index is 0.0111. The van der Waals surface area contributed by atoms with E-state index in [1.165, 1.54) is 6.08 Å². The zero-order chi connectivity index (χ0) is 12.7. The van der Waals surface area contributed by atoms with Gasteiger partial charge in [0.05, 0.1) is 7.11 Å². The smallest absolute Gasteiger partial charge is 0.244 e. The summed E-state index contributed by atoms with van der Waals surface area (Å²) in [6.07, 6.45) is 3.24. The first-order chi connectivity index (χ1) is 8.15. The standard InChI is InChI=1S/C13H18N2O2/c1-10(9-14)15-13(16)8-5-11-3-6-12(17-2)7-4-11/h3-8,10H,9,14H2,1-2H3,(H,15,16). The Hall–Kier alpha value is -1.81. The fraction of sp³-hybridized carbons (Fsp3) is 0.308. The van der Waals surface area contributed by atoms with E-state index >= 15 is 0 Å². The Morgan fingerprint density at radius 3 is 2.65 bits per heavy atom. The van der Waals surface area contributed by atoms with E-state index in [0.29, 0.717) is 6.54 Å². The van der Waals surface area contributed by atoms with E-state index in [1.54, 1.807) is 13.2 Å². The number of hydrogen-bond acceptors (Lipinski definition) is 3. The highest BCUT2D eigenvalue weighted by Crippen LogP contribution is 2.12. The lowest BCUT2D eigenvalue weighted by Gasteiger charge is -2.08. The average molecular weight is 234 g/mol. The molecule has 0 aliphatic carbocycles. The van der Waals surface area contributed by atoms with Crippen molar-refractivity contribution in [1.29, 1.82) is 0 Å². The Morgan fingerprint density at radius 1 is 1.47 bits per heavy atom. The molecule has 0 heterocycles. The van der Waals surface area contributed by atoms with Crippen molar-refractivity contribution in [3.63, 3.8) is 0 Å². The predicted molar refractivity (Wildman–Crippen MR) is 68.7 cm³/mol. The molecule has 92 valence electrons. The van der Waals surface area contributed by atoms with Crippen LogP contribution in [0.3, 0.4) is 0 Å². The molecule has 3 N–H and O–H groups in total. The monoisotopic (exact) mass is 234 g/mol. The predicted octanol–water partition coefficient (Wildman–Crippen LogP) is 1.17. The van der Waals surface area contributed by atoms with Crippen molar-refractivity contribution in [3.8, 4) is 5.75 Å². The van der Waals surface area contributed by atoms with Crippen molar-refractivity contribution in [2.45, 2.75) is 13.0 Å². The molecule has 1 unspecified atom stereocenters. The minimum Gasteiger partial charge on any atom is -0.497 e. The molecule has 4 nitrogen and oxygen atoms in total. The zero-order valence-corrected chi connectivity index (χ0v) is 10.1. The molecule has 1 rings (SSSR count). The largest absolute Gasteiger partial charge is 0.497 e. The summed E-state index contributed by atoms with van der Waals surface area (Å²) < 4.78 is 5.04. The average Bonchev–Trinajstić information content (AvgIpc) is 2.36. The van der Waals surface area contributed by atoms with Crippen molar-refractivity contribution in [2.75, 3.05) is 13.7 Å². The lowest BCUT2D eigenvalue weighted by Crippen LogP contribution is -2.36. The van der Waals surface area contributed by atoms with Crippen molar-refractivity contribution in [3.05, 3.63) is 35.9 Å². The van der Waals surface area contributed by atoms with Crippen LogP contribution in [0.5, 0.6) is 5.75 Å². The third-order valence-corrected chi connectivity index (χ3v) is 2.29. The van der Waals surface area contributed by atoms with Gasteiger partial charge in [-0.25, -0.2) is 0 Å². The molecule has 1 atom stereocenters. The van der Waals surface area contributed by atoms with E-state index in [4.69, 9.17) is 10.5 Å². The molecule has 0 aliphatic rings. The molecule has 0 bridgehead atoms. The van der Waals surface area contributed by atoms with E-state index in [2.05, 4.69) is 5.32 Å². The van der Waals surface area contributed by atoms with Gasteiger partial charge < -0.3 is 15.8 Å². The van der Waals surface area contributed by atoms with Gasteiger partial charge in [0.2, 0.25) is 5.91 Å². The van der Waals surface area contributed by atoms with Gasteiger partial charge in [-0.3, -0.25) is 4.79 Å². The van der Waals surface area contributed by atoms with Crippen LogP contribution in [0.4, 0.5) is 0 Å². The second-order valence-electron chi connectivity index (χ2n) is 3.75. The van der Waals surface area contributed by atoms with Gasteiger partial charge in [0.1, 0.15) is 5.75 Å². The van der Waals surface area contributed by atoms with Crippen molar-refractivity contribution >= 4 is 12.0 Å². The fourth-order valence-corrected chi connectivity index (χ4v) is 1.24. The van der Waals surface area contributed by atoms with Crippen LogP contribution < -0.4 is 15.8 Å². The molecule has 17 heavy (non-hydrogen) atoms. The number of nitrogens with two attached hydrogens (primary N) is 1. The van der Waals surface area contributed by atoms with Gasteiger partial charge in [-0.15, -0.1) is 0 Å². The molecule has 0 saturated heterocycles. The molecular formula is C13H18N2O2. The number of hydrogen-bond donors (Lipinski definition) is 2. The number of carbonyl (C=O) groups is 1. The van der Waals surface area contributed by atoms with Crippen LogP contribution in [0.1, 0.15) is 12.5 Å². The zero-order valence-electron chi connectivity index (χ0n) is 10.1. The molecular weight excluding hydrogens is 216 g/mol. The fourth-order valence-electron chi connectivity index (χ4n) is 1.24. The number of benzene rings is 1. The number of carbonyl (C=O) groups excluding carboxylic acids is 1. The van der Waals surface area contributed by atoms with Crippen LogP contribution in [-0.2, 0) is 4.79 Å². The highest BCUT2D eigenvalue weighted by molar-refractivity contribution is 5.91. The quantitative estimate of drug-likeness (QED) is 0.752. The summed E-state index contributed by atoms with van der Waals surface area (Å²) in [5, 5.41) is 2.75. The first-order valence-electron chi connectivity index (χ1n) is 5.48. The summed E-state index contributed by atoms with van der Waals surface area (Å²) in [5.74, 6) is 0.655. The minimum atomic E-state index is -0.140. The maximum absolute atomic E-state index is 11.4. The molecule has 1 amide bonds. The SMILES string of the molecule is COc1ccc(C=CC(=O)NC(C)CN)cc1. The van der Waals surface area contributed by atoms with Crippen LogP contribution in [0.2, 0.25) is 0 Å². The van der Waals surface area contributed by atoms with Crippen LogP contribution in [0, 0.1) is 0 Å². The normalized spacial score (nSPS) is 12.4. The number of nitrogens with one attached hydrogen (secondary N) is 1. The van der Waals surface area contributed by atoms with Gasteiger partial charge in [0.15, 0.2) is 0 Å². The third kappa shape index (κ3) is 4.70. The summed E-state index contributed by atoms with van der Waals surface area (Å²) in [5.41, 5.74) is 6.35. The molecule has 1 aromatic carbocycles. The molecule has 1 aromatic rings. The number of amides is 1. The maximum atomic E-state index is 11.4. The van der Waals surface area contributed by atoms with Crippen LogP contribution in [-0.4, -0.2) is 25.6 Å². The first-order valence-corrected chi connectivity index (χ1v) is 5.48. The summed E-state index contributed by atoms with van der Waals surface area (Å²) in [6, 6.07) is 7.45. The molecule has 0 radical (unpaired) electrons. The molecule has 0 spiro atoms. The Labute approximate surface area is 101 Å². The summed E-state index contributed by atoms with van der Waals surface area (Å²) in [7, 11) is 1.62. The summed E-state index contributed by atoms with van der Waals surface area (Å²) in [4.78, 5) is 11.4. The van der Waals surface area contributed by atoms with Gasteiger partial charge in [-0.2, -0.15) is 0 Å². The Morgan fingerprint density at radius 2 is 2.12 bits per heavy atom. The van der Waals surface area contributed by atoms with E-state index < -0.39 is 0 Å². The van der Waals surface area contributed by atoms with Crippen molar-refractivity contribution < 1.29 is 9.53 Å². The molecule has 0 saturated carbocycles. The van der Waals surface area contributed by atoms with E-state index in [1.807, 2.05) is 31.2 Å². The van der Waals surface area contributed by atoms with Crippen LogP contribution in [0.15, 0.2) is 30.3 Å². The Bertz CT molecular complexity index is 385. The number of rotatable bonds is 5. The molecule has 0 aliphatic heterocycles. The third-order valence-electron chi connectivity index (χ3n) is 2.29. The Kier molecular flexibility index (Phi) is 5.23. The maximum Gasteiger partial charge on any atom is 0.244 e. The first kappa shape index (κ1) is 13.3. The summed E-state index contributed by atoms with van der Waals surface area (Å²) >= 11 is 0. The summed E-state index contributed by atoms with van der Waals surface area (Å²) in [6.45, 7) is 2.29. The molecule has 0 aromatic heterocycles. The second-order valence-corrected chi connectivity index (χ2v) is 3.75.